The summed E-state index contributed by atoms with van der Waals surface area (Å²) in [5.41, 5.74) is 6.32. The molecule has 0 bridgehead atoms. The minimum atomic E-state index is 0.225. The number of aromatic nitrogens is 1. The van der Waals surface area contributed by atoms with Crippen LogP contribution in [0, 0.1) is 6.92 Å². The molecule has 1 aromatic carbocycles. The number of carbonyl (C=O) groups is 1. The van der Waals surface area contributed by atoms with Crippen LogP contribution in [0.5, 0.6) is 0 Å². The van der Waals surface area contributed by atoms with Crippen LogP contribution in [0.15, 0.2) is 41.4 Å². The topological polar surface area (TPSA) is 96.9 Å². The van der Waals surface area contributed by atoms with Crippen LogP contribution in [0.4, 0.5) is 11.5 Å². The summed E-state index contributed by atoms with van der Waals surface area (Å²) in [6.45, 7) is 7.03. The number of pyridine rings is 1. The SMILES string of the molecule is CCCOCCNc1nc(-c2ccc(C)cc2)ccc1/N=C(\C=O)NCCNOC. The molecule has 0 fully saturated rings. The average Bonchev–Trinajstić information content (AvgIpc) is 2.77. The van der Waals surface area contributed by atoms with Gasteiger partial charge in [0.15, 0.2) is 17.9 Å². The van der Waals surface area contributed by atoms with E-state index in [1.165, 1.54) is 12.7 Å². The van der Waals surface area contributed by atoms with Gasteiger partial charge in [-0.3, -0.25) is 4.79 Å². The molecule has 0 spiro atoms. The number of anilines is 1. The Balaban J connectivity index is 2.21. The second-order valence-electron chi connectivity index (χ2n) is 6.61. The van der Waals surface area contributed by atoms with Gasteiger partial charge in [0.2, 0.25) is 0 Å². The Labute approximate surface area is 178 Å². The normalized spacial score (nSPS) is 11.4. The predicted octanol–water partition coefficient (Wildman–Crippen LogP) is 2.87. The van der Waals surface area contributed by atoms with Gasteiger partial charge < -0.3 is 20.2 Å². The molecule has 2 aromatic rings. The third-order valence-electron chi connectivity index (χ3n) is 4.14. The van der Waals surface area contributed by atoms with Crippen molar-refractivity contribution in [1.29, 1.82) is 0 Å². The molecule has 0 aliphatic heterocycles. The van der Waals surface area contributed by atoms with Crippen molar-refractivity contribution in [3.8, 4) is 11.3 Å². The molecule has 8 nitrogen and oxygen atoms in total. The largest absolute Gasteiger partial charge is 0.380 e. The van der Waals surface area contributed by atoms with Gasteiger partial charge in [0.25, 0.3) is 0 Å². The lowest BCUT2D eigenvalue weighted by Crippen LogP contribution is -2.32. The number of rotatable bonds is 13. The maximum atomic E-state index is 11.4. The number of hydroxylamine groups is 1. The third-order valence-corrected chi connectivity index (χ3v) is 4.14. The second kappa shape index (κ2) is 13.4. The molecule has 2 rings (SSSR count). The molecule has 3 N–H and O–H groups in total. The molecule has 162 valence electrons. The van der Waals surface area contributed by atoms with E-state index in [2.05, 4.69) is 47.1 Å². The molecule has 0 amide bonds. The van der Waals surface area contributed by atoms with Gasteiger partial charge in [0.05, 0.1) is 19.4 Å². The van der Waals surface area contributed by atoms with Crippen LogP contribution in [-0.4, -0.2) is 57.1 Å². The van der Waals surface area contributed by atoms with Gasteiger partial charge in [-0.05, 0) is 25.5 Å². The number of aliphatic imine (C=N–C) groups is 1. The van der Waals surface area contributed by atoms with Crippen molar-refractivity contribution in [3.05, 3.63) is 42.0 Å². The van der Waals surface area contributed by atoms with Crippen molar-refractivity contribution in [2.45, 2.75) is 20.3 Å². The summed E-state index contributed by atoms with van der Waals surface area (Å²) >= 11 is 0. The zero-order chi connectivity index (χ0) is 21.6. The monoisotopic (exact) mass is 413 g/mol. The Kier molecular flexibility index (Phi) is 10.5. The molecule has 30 heavy (non-hydrogen) atoms. The Hall–Kier alpha value is -2.81. The van der Waals surface area contributed by atoms with E-state index in [1.807, 2.05) is 24.3 Å². The summed E-state index contributed by atoms with van der Waals surface area (Å²) in [4.78, 5) is 25.4. The van der Waals surface area contributed by atoms with E-state index < -0.39 is 0 Å². The summed E-state index contributed by atoms with van der Waals surface area (Å²) in [5, 5.41) is 6.26. The van der Waals surface area contributed by atoms with Crippen LogP contribution in [0.3, 0.4) is 0 Å². The number of ether oxygens (including phenoxy) is 1. The smallest absolute Gasteiger partial charge is 0.185 e. The minimum absolute atomic E-state index is 0.225. The number of carbonyl (C=O) groups excluding carboxylic acids is 1. The summed E-state index contributed by atoms with van der Waals surface area (Å²) in [7, 11) is 1.54. The molecule has 0 atom stereocenters. The first-order valence-electron chi connectivity index (χ1n) is 10.1. The molecule has 1 heterocycles. The predicted molar refractivity (Wildman–Crippen MR) is 120 cm³/mol. The Morgan fingerprint density at radius 2 is 1.90 bits per heavy atom. The Bertz CT molecular complexity index is 809. The Morgan fingerprint density at radius 3 is 2.60 bits per heavy atom. The maximum absolute atomic E-state index is 11.4. The molecular formula is C22H31N5O3. The number of hydrogen-bond donors (Lipinski definition) is 3. The Morgan fingerprint density at radius 1 is 1.10 bits per heavy atom. The quantitative estimate of drug-likeness (QED) is 0.153. The molecule has 0 radical (unpaired) electrons. The van der Waals surface area contributed by atoms with Crippen molar-refractivity contribution in [1.82, 2.24) is 15.8 Å². The molecule has 0 unspecified atom stereocenters. The van der Waals surface area contributed by atoms with Crippen LogP contribution in [-0.2, 0) is 14.4 Å². The lowest BCUT2D eigenvalue weighted by Gasteiger charge is -2.12. The zero-order valence-electron chi connectivity index (χ0n) is 17.9. The van der Waals surface area contributed by atoms with Crippen molar-refractivity contribution in [2.24, 2.45) is 4.99 Å². The van der Waals surface area contributed by atoms with E-state index in [0.29, 0.717) is 44.0 Å². The number of benzene rings is 1. The highest BCUT2D eigenvalue weighted by Gasteiger charge is 2.09. The van der Waals surface area contributed by atoms with Gasteiger partial charge in [0, 0.05) is 31.8 Å². The first-order chi connectivity index (χ1) is 14.7. The van der Waals surface area contributed by atoms with E-state index >= 15 is 0 Å². The fraction of sp³-hybridized carbons (Fsp3) is 0.409. The van der Waals surface area contributed by atoms with Crippen molar-refractivity contribution in [3.63, 3.8) is 0 Å². The van der Waals surface area contributed by atoms with Gasteiger partial charge in [-0.2, -0.15) is 0 Å². The van der Waals surface area contributed by atoms with Crippen LogP contribution >= 0.6 is 0 Å². The minimum Gasteiger partial charge on any atom is -0.380 e. The second-order valence-corrected chi connectivity index (χ2v) is 6.61. The van der Waals surface area contributed by atoms with Crippen LogP contribution in [0.25, 0.3) is 11.3 Å². The number of hydrogen-bond acceptors (Lipinski definition) is 7. The zero-order valence-corrected chi connectivity index (χ0v) is 17.9. The molecule has 0 aliphatic rings. The van der Waals surface area contributed by atoms with Crippen molar-refractivity contribution >= 4 is 23.6 Å². The van der Waals surface area contributed by atoms with Gasteiger partial charge >= 0.3 is 0 Å². The summed E-state index contributed by atoms with van der Waals surface area (Å²) in [5.74, 6) is 0.826. The lowest BCUT2D eigenvalue weighted by molar-refractivity contribution is -0.102. The third kappa shape index (κ3) is 7.90. The fourth-order valence-electron chi connectivity index (χ4n) is 2.63. The molecule has 0 aliphatic carbocycles. The van der Waals surface area contributed by atoms with E-state index in [1.54, 1.807) is 0 Å². The number of nitrogens with zero attached hydrogens (tertiary/aromatic N) is 2. The standard InChI is InChI=1S/C22H31N5O3/c1-4-14-30-15-13-24-22-20(26-21(16-28)23-11-12-25-29-3)10-9-19(27-22)18-7-5-17(2)6-8-18/h5-10,16,25H,4,11-15H2,1-3H3,(H,23,26)(H,24,27). The number of nitrogens with one attached hydrogen (secondary N) is 3. The molecule has 1 aromatic heterocycles. The average molecular weight is 414 g/mol. The van der Waals surface area contributed by atoms with Gasteiger partial charge in [-0.25, -0.2) is 15.5 Å². The highest BCUT2D eigenvalue weighted by Crippen LogP contribution is 2.27. The molecule has 0 saturated carbocycles. The van der Waals surface area contributed by atoms with Crippen molar-refractivity contribution < 1.29 is 14.4 Å². The van der Waals surface area contributed by atoms with Gasteiger partial charge in [-0.15, -0.1) is 0 Å². The summed E-state index contributed by atoms with van der Waals surface area (Å²) < 4.78 is 5.54. The molecule has 0 saturated heterocycles. The lowest BCUT2D eigenvalue weighted by atomic mass is 10.1. The maximum Gasteiger partial charge on any atom is 0.185 e. The number of aryl methyl sites for hydroxylation is 1. The summed E-state index contributed by atoms with van der Waals surface area (Å²) in [6.07, 6.45) is 1.66. The van der Waals surface area contributed by atoms with E-state index in [-0.39, 0.29) is 5.84 Å². The first-order valence-corrected chi connectivity index (χ1v) is 10.1. The van der Waals surface area contributed by atoms with Crippen LogP contribution in [0.1, 0.15) is 18.9 Å². The van der Waals surface area contributed by atoms with Crippen LogP contribution in [0.2, 0.25) is 0 Å². The van der Waals surface area contributed by atoms with E-state index in [4.69, 9.17) is 14.6 Å². The number of aldehydes is 1. The fourth-order valence-corrected chi connectivity index (χ4v) is 2.63. The van der Waals surface area contributed by atoms with Crippen molar-refractivity contribution in [2.75, 3.05) is 45.3 Å². The summed E-state index contributed by atoms with van der Waals surface area (Å²) in [6, 6.07) is 11.9. The van der Waals surface area contributed by atoms with Gasteiger partial charge in [-0.1, -0.05) is 36.8 Å². The highest BCUT2D eigenvalue weighted by atomic mass is 16.6. The van der Waals surface area contributed by atoms with Gasteiger partial charge in [0.1, 0.15) is 5.69 Å². The molecular weight excluding hydrogens is 382 g/mol. The van der Waals surface area contributed by atoms with E-state index in [0.717, 1.165) is 24.3 Å². The number of amidine groups is 1. The first kappa shape index (κ1) is 23.5. The van der Waals surface area contributed by atoms with Crippen LogP contribution < -0.4 is 16.1 Å². The van der Waals surface area contributed by atoms with E-state index in [9.17, 15) is 4.79 Å². The molecule has 8 heteroatoms. The highest BCUT2D eigenvalue weighted by molar-refractivity contribution is 6.27.